The summed E-state index contributed by atoms with van der Waals surface area (Å²) in [7, 11) is 3.54. The number of rotatable bonds is 8. The summed E-state index contributed by atoms with van der Waals surface area (Å²) in [5.74, 6) is 0.917. The number of hydrogen-bond donors (Lipinski definition) is 1. The number of anilines is 1. The molecule has 1 aromatic rings. The largest absolute Gasteiger partial charge is 0.348 e. The highest BCUT2D eigenvalue weighted by Crippen LogP contribution is 2.26. The lowest BCUT2D eigenvalue weighted by atomic mass is 10.3. The highest BCUT2D eigenvalue weighted by atomic mass is 32.2. The molecule has 2 amide bonds. The van der Waals surface area contributed by atoms with Gasteiger partial charge in [-0.05, 0) is 12.1 Å². The van der Waals surface area contributed by atoms with Crippen molar-refractivity contribution in [1.29, 1.82) is 0 Å². The van der Waals surface area contributed by atoms with Gasteiger partial charge >= 0.3 is 0 Å². The van der Waals surface area contributed by atoms with Crippen molar-refractivity contribution in [2.24, 2.45) is 0 Å². The van der Waals surface area contributed by atoms with E-state index < -0.39 is 0 Å². The number of benzene rings is 1. The summed E-state index contributed by atoms with van der Waals surface area (Å²) >= 11 is 1.65. The molecule has 1 fully saturated rings. The summed E-state index contributed by atoms with van der Waals surface area (Å²) in [5, 5.41) is 3.01. The molecule has 1 N–H and O–H groups in total. The first-order valence-electron chi connectivity index (χ1n) is 8.77. The van der Waals surface area contributed by atoms with E-state index in [1.807, 2.05) is 30.3 Å². The van der Waals surface area contributed by atoms with Gasteiger partial charge < -0.3 is 10.2 Å². The molecule has 2 rings (SSSR count). The molecule has 0 unspecified atom stereocenters. The maximum atomic E-state index is 12.4. The van der Waals surface area contributed by atoms with Crippen LogP contribution in [0.5, 0.6) is 0 Å². The molecule has 26 heavy (non-hydrogen) atoms. The monoisotopic (exact) mass is 376 g/mol. The summed E-state index contributed by atoms with van der Waals surface area (Å²) in [6, 6.07) is 7.82. The Hall–Kier alpha value is -1.83. The van der Waals surface area contributed by atoms with Crippen LogP contribution < -0.4 is 5.32 Å². The molecular formula is C19H28N4O2S. The lowest BCUT2D eigenvalue weighted by Gasteiger charge is -2.34. The van der Waals surface area contributed by atoms with Gasteiger partial charge in [0.05, 0.1) is 18.8 Å². The molecule has 1 aliphatic rings. The van der Waals surface area contributed by atoms with E-state index in [-0.39, 0.29) is 11.8 Å². The molecule has 1 heterocycles. The van der Waals surface area contributed by atoms with Crippen LogP contribution in [0, 0.1) is 0 Å². The van der Waals surface area contributed by atoms with Crippen molar-refractivity contribution in [3.05, 3.63) is 36.9 Å². The smallest absolute Gasteiger partial charge is 0.238 e. The standard InChI is InChI=1S/C19H28N4O2S/c1-4-13-26-17-8-6-5-7-16(17)20-18(24)14-22-9-11-23(12-10-22)15-19(25)21(2)3/h4-8H,1,9-15H2,2-3H3,(H,20,24). The molecule has 7 heteroatoms. The molecule has 1 saturated heterocycles. The van der Waals surface area contributed by atoms with E-state index in [9.17, 15) is 9.59 Å². The minimum Gasteiger partial charge on any atom is -0.348 e. The average Bonchev–Trinajstić information content (AvgIpc) is 2.62. The second kappa shape index (κ2) is 10.4. The van der Waals surface area contributed by atoms with Gasteiger partial charge in [0, 0.05) is 50.9 Å². The van der Waals surface area contributed by atoms with E-state index in [4.69, 9.17) is 0 Å². The number of likely N-dealkylation sites (N-methyl/N-ethyl adjacent to an activating group) is 1. The van der Waals surface area contributed by atoms with Crippen LogP contribution in [0.15, 0.2) is 41.8 Å². The van der Waals surface area contributed by atoms with Crippen LogP contribution in [0.2, 0.25) is 0 Å². The van der Waals surface area contributed by atoms with Gasteiger partial charge in [-0.2, -0.15) is 0 Å². The van der Waals surface area contributed by atoms with Gasteiger partial charge in [0.1, 0.15) is 0 Å². The lowest BCUT2D eigenvalue weighted by molar-refractivity contribution is -0.130. The normalized spacial score (nSPS) is 15.5. The summed E-state index contributed by atoms with van der Waals surface area (Å²) in [6.45, 7) is 7.74. The van der Waals surface area contributed by atoms with Gasteiger partial charge in [0.2, 0.25) is 11.8 Å². The zero-order valence-electron chi connectivity index (χ0n) is 15.6. The van der Waals surface area contributed by atoms with Gasteiger partial charge in [-0.3, -0.25) is 19.4 Å². The van der Waals surface area contributed by atoms with Gasteiger partial charge in [-0.15, -0.1) is 18.3 Å². The van der Waals surface area contributed by atoms with Crippen molar-refractivity contribution in [3.63, 3.8) is 0 Å². The molecule has 142 valence electrons. The van der Waals surface area contributed by atoms with E-state index in [2.05, 4.69) is 21.7 Å². The molecule has 6 nitrogen and oxygen atoms in total. The maximum absolute atomic E-state index is 12.4. The second-order valence-electron chi connectivity index (χ2n) is 6.48. The van der Waals surface area contributed by atoms with Crippen molar-refractivity contribution in [3.8, 4) is 0 Å². The molecule has 0 aromatic heterocycles. The molecule has 0 atom stereocenters. The van der Waals surface area contributed by atoms with Crippen molar-refractivity contribution >= 4 is 29.3 Å². The zero-order valence-corrected chi connectivity index (χ0v) is 16.4. The lowest BCUT2D eigenvalue weighted by Crippen LogP contribution is -2.50. The van der Waals surface area contributed by atoms with Crippen molar-refractivity contribution in [2.75, 3.05) is 64.4 Å². The van der Waals surface area contributed by atoms with E-state index in [0.717, 1.165) is 42.5 Å². The Balaban J connectivity index is 1.79. The molecule has 0 spiro atoms. The Morgan fingerprint density at radius 2 is 1.77 bits per heavy atom. The van der Waals surface area contributed by atoms with Gasteiger partial charge in [-0.25, -0.2) is 0 Å². The van der Waals surface area contributed by atoms with Crippen LogP contribution in [-0.2, 0) is 9.59 Å². The van der Waals surface area contributed by atoms with Crippen LogP contribution in [0.25, 0.3) is 0 Å². The van der Waals surface area contributed by atoms with Crippen LogP contribution in [0.4, 0.5) is 5.69 Å². The molecule has 0 saturated carbocycles. The van der Waals surface area contributed by atoms with Crippen LogP contribution in [-0.4, -0.2) is 85.6 Å². The maximum Gasteiger partial charge on any atom is 0.238 e. The summed E-state index contributed by atoms with van der Waals surface area (Å²) < 4.78 is 0. The summed E-state index contributed by atoms with van der Waals surface area (Å²) in [5.41, 5.74) is 0.847. The fraction of sp³-hybridized carbons (Fsp3) is 0.474. The van der Waals surface area contributed by atoms with Gasteiger partial charge in [-0.1, -0.05) is 18.2 Å². The van der Waals surface area contributed by atoms with Gasteiger partial charge in [0.25, 0.3) is 0 Å². The SMILES string of the molecule is C=CCSc1ccccc1NC(=O)CN1CCN(CC(=O)N(C)C)CC1. The molecule has 1 aliphatic heterocycles. The summed E-state index contributed by atoms with van der Waals surface area (Å²) in [6.07, 6.45) is 1.85. The quantitative estimate of drug-likeness (QED) is 0.552. The number of carbonyl (C=O) groups excluding carboxylic acids is 2. The number of para-hydroxylation sites is 1. The number of thioether (sulfide) groups is 1. The Morgan fingerprint density at radius 1 is 1.15 bits per heavy atom. The van der Waals surface area contributed by atoms with Crippen molar-refractivity contribution < 1.29 is 9.59 Å². The van der Waals surface area contributed by atoms with Crippen LogP contribution in [0.3, 0.4) is 0 Å². The number of hydrogen-bond acceptors (Lipinski definition) is 5. The van der Waals surface area contributed by atoms with Crippen LogP contribution >= 0.6 is 11.8 Å². The predicted molar refractivity (Wildman–Crippen MR) is 108 cm³/mol. The minimum absolute atomic E-state index is 0.00512. The second-order valence-corrected chi connectivity index (χ2v) is 7.55. The first-order valence-corrected chi connectivity index (χ1v) is 9.75. The molecule has 0 radical (unpaired) electrons. The third-order valence-corrected chi connectivity index (χ3v) is 5.28. The van der Waals surface area contributed by atoms with E-state index in [0.29, 0.717) is 13.1 Å². The van der Waals surface area contributed by atoms with Crippen molar-refractivity contribution in [1.82, 2.24) is 14.7 Å². The van der Waals surface area contributed by atoms with E-state index >= 15 is 0 Å². The number of amides is 2. The third kappa shape index (κ3) is 6.48. The first kappa shape index (κ1) is 20.5. The Labute approximate surface area is 160 Å². The fourth-order valence-electron chi connectivity index (χ4n) is 2.68. The van der Waals surface area contributed by atoms with Gasteiger partial charge in [0.15, 0.2) is 0 Å². The molecule has 1 aromatic carbocycles. The first-order chi connectivity index (χ1) is 12.5. The third-order valence-electron chi connectivity index (χ3n) is 4.21. The Kier molecular flexibility index (Phi) is 8.15. The number of nitrogens with zero attached hydrogens (tertiary/aromatic N) is 3. The number of piperazine rings is 1. The minimum atomic E-state index is -0.00512. The number of nitrogens with one attached hydrogen (secondary N) is 1. The molecular weight excluding hydrogens is 348 g/mol. The predicted octanol–water partition coefficient (Wildman–Crippen LogP) is 1.61. The molecule has 0 aliphatic carbocycles. The topological polar surface area (TPSA) is 55.9 Å². The highest BCUT2D eigenvalue weighted by molar-refractivity contribution is 7.99. The average molecular weight is 377 g/mol. The number of carbonyl (C=O) groups is 2. The summed E-state index contributed by atoms with van der Waals surface area (Å²) in [4.78, 5) is 31.1. The van der Waals surface area contributed by atoms with Crippen LogP contribution in [0.1, 0.15) is 0 Å². The zero-order chi connectivity index (χ0) is 18.9. The van der Waals surface area contributed by atoms with E-state index in [1.165, 1.54) is 0 Å². The Bertz CT molecular complexity index is 628. The van der Waals surface area contributed by atoms with Crippen molar-refractivity contribution in [2.45, 2.75) is 4.90 Å². The fourth-order valence-corrected chi connectivity index (χ4v) is 3.42. The highest BCUT2D eigenvalue weighted by Gasteiger charge is 2.21. The Morgan fingerprint density at radius 3 is 2.38 bits per heavy atom. The van der Waals surface area contributed by atoms with E-state index in [1.54, 1.807) is 30.8 Å². The molecule has 0 bridgehead atoms.